The summed E-state index contributed by atoms with van der Waals surface area (Å²) in [6.07, 6.45) is 3.43. The lowest BCUT2D eigenvalue weighted by molar-refractivity contribution is -0.115. The van der Waals surface area contributed by atoms with Gasteiger partial charge in [0.25, 0.3) is 0 Å². The summed E-state index contributed by atoms with van der Waals surface area (Å²) >= 11 is 1.42. The number of imidazole rings is 1. The first-order chi connectivity index (χ1) is 10.2. The number of nitrogens with zero attached hydrogens (tertiary/aromatic N) is 3. The predicted molar refractivity (Wildman–Crippen MR) is 79.0 cm³/mol. The first-order valence-electron chi connectivity index (χ1n) is 6.25. The minimum Gasteiger partial charge on any atom is -0.398 e. The van der Waals surface area contributed by atoms with Gasteiger partial charge in [0.05, 0.1) is 12.7 Å². The Morgan fingerprint density at radius 3 is 3.05 bits per heavy atom. The fourth-order valence-electron chi connectivity index (χ4n) is 2.29. The molecule has 0 radical (unpaired) electrons. The smallest absolute Gasteiger partial charge is 0.228 e. The Bertz CT molecular complexity index is 874. The van der Waals surface area contributed by atoms with Crippen molar-refractivity contribution in [3.8, 4) is 0 Å². The van der Waals surface area contributed by atoms with Crippen LogP contribution < -0.4 is 11.1 Å². The van der Waals surface area contributed by atoms with E-state index in [0.29, 0.717) is 17.8 Å². The third kappa shape index (κ3) is 2.00. The molecule has 0 saturated carbocycles. The molecular formula is C13H10N6OS. The molecule has 8 heteroatoms. The second-order valence-corrected chi connectivity index (χ2v) is 5.68. The number of nitrogens with one attached hydrogen (secondary N) is 2. The number of nitrogens with two attached hydrogens (primary N) is 1. The highest BCUT2D eigenvalue weighted by atomic mass is 32.2. The number of aromatic nitrogens is 4. The Morgan fingerprint density at radius 2 is 2.14 bits per heavy atom. The summed E-state index contributed by atoms with van der Waals surface area (Å²) in [6, 6.07) is 3.71. The summed E-state index contributed by atoms with van der Waals surface area (Å²) in [7, 11) is 0. The monoisotopic (exact) mass is 298 g/mol. The average molecular weight is 298 g/mol. The molecule has 4 N–H and O–H groups in total. The number of nitrogen functional groups attached to an aromatic ring is 1. The van der Waals surface area contributed by atoms with Crippen LogP contribution in [0.15, 0.2) is 34.7 Å². The quantitative estimate of drug-likeness (QED) is 0.489. The molecule has 21 heavy (non-hydrogen) atoms. The van der Waals surface area contributed by atoms with Gasteiger partial charge in [-0.3, -0.25) is 4.79 Å². The van der Waals surface area contributed by atoms with Crippen molar-refractivity contribution >= 4 is 40.2 Å². The van der Waals surface area contributed by atoms with Crippen LogP contribution >= 0.6 is 11.8 Å². The van der Waals surface area contributed by atoms with Gasteiger partial charge in [-0.05, 0) is 17.7 Å². The molecule has 0 bridgehead atoms. The van der Waals surface area contributed by atoms with E-state index in [9.17, 15) is 4.79 Å². The zero-order valence-electron chi connectivity index (χ0n) is 10.8. The summed E-state index contributed by atoms with van der Waals surface area (Å²) in [5, 5.41) is 3.57. The summed E-state index contributed by atoms with van der Waals surface area (Å²) in [5.74, 6) is -0.00968. The number of aromatic amines is 1. The van der Waals surface area contributed by atoms with Gasteiger partial charge >= 0.3 is 0 Å². The van der Waals surface area contributed by atoms with Gasteiger partial charge in [0.15, 0.2) is 5.65 Å². The zero-order chi connectivity index (χ0) is 14.4. The number of carbonyl (C=O) groups is 1. The van der Waals surface area contributed by atoms with Crippen LogP contribution in [0, 0.1) is 0 Å². The summed E-state index contributed by atoms with van der Waals surface area (Å²) in [5.41, 5.74) is 9.82. The maximum Gasteiger partial charge on any atom is 0.228 e. The Labute approximate surface area is 123 Å². The normalized spacial score (nSPS) is 13.4. The molecule has 2 aromatic heterocycles. The molecule has 3 aromatic rings. The number of anilines is 2. The lowest BCUT2D eigenvalue weighted by Crippen LogP contribution is -2.03. The number of hydrogen-bond donors (Lipinski definition) is 3. The van der Waals surface area contributed by atoms with Gasteiger partial charge in [-0.25, -0.2) is 15.0 Å². The van der Waals surface area contributed by atoms with E-state index in [0.717, 1.165) is 26.7 Å². The van der Waals surface area contributed by atoms with Crippen LogP contribution in [-0.2, 0) is 11.2 Å². The predicted octanol–water partition coefficient (Wildman–Crippen LogP) is 1.58. The Kier molecular flexibility index (Phi) is 2.58. The third-order valence-corrected chi connectivity index (χ3v) is 4.33. The Hall–Kier alpha value is -2.61. The lowest BCUT2D eigenvalue weighted by atomic mass is 10.1. The van der Waals surface area contributed by atoms with E-state index in [4.69, 9.17) is 5.73 Å². The number of carbonyl (C=O) groups excluding carboxylic acids is 1. The standard InChI is InChI=1S/C13H10N6OS/c14-7-1-6-2-10(20)19-8(6)3-9(7)21-13-11-12(16-4-15-11)17-5-18-13/h1,3-5H,2,14H2,(H,19,20)(H,15,16,17,18). The maximum absolute atomic E-state index is 11.4. The average Bonchev–Trinajstić information content (AvgIpc) is 3.05. The minimum atomic E-state index is -0.00968. The first kappa shape index (κ1) is 12.2. The maximum atomic E-state index is 11.4. The van der Waals surface area contributed by atoms with E-state index in [1.807, 2.05) is 12.1 Å². The molecule has 1 aliphatic rings. The number of hydrogen-bond acceptors (Lipinski definition) is 6. The van der Waals surface area contributed by atoms with E-state index < -0.39 is 0 Å². The molecule has 0 fully saturated rings. The number of H-pyrrole nitrogens is 1. The van der Waals surface area contributed by atoms with Crippen LogP contribution in [0.5, 0.6) is 0 Å². The number of rotatable bonds is 2. The molecule has 0 spiro atoms. The minimum absolute atomic E-state index is 0.00968. The van der Waals surface area contributed by atoms with Gasteiger partial charge in [-0.1, -0.05) is 11.8 Å². The molecule has 1 aliphatic heterocycles. The number of amides is 1. The van der Waals surface area contributed by atoms with Crippen molar-refractivity contribution in [2.45, 2.75) is 16.3 Å². The Balaban J connectivity index is 1.76. The van der Waals surface area contributed by atoms with E-state index >= 15 is 0 Å². The first-order valence-corrected chi connectivity index (χ1v) is 7.06. The van der Waals surface area contributed by atoms with Crippen LogP contribution in [0.1, 0.15) is 5.56 Å². The topological polar surface area (TPSA) is 110 Å². The molecule has 104 valence electrons. The van der Waals surface area contributed by atoms with Crippen LogP contribution in [0.4, 0.5) is 11.4 Å². The van der Waals surface area contributed by atoms with Crippen LogP contribution in [0.25, 0.3) is 11.2 Å². The van der Waals surface area contributed by atoms with Crippen molar-refractivity contribution in [2.75, 3.05) is 11.1 Å². The third-order valence-electron chi connectivity index (χ3n) is 3.26. The molecule has 1 aromatic carbocycles. The number of benzene rings is 1. The van der Waals surface area contributed by atoms with Crippen molar-refractivity contribution in [1.82, 2.24) is 19.9 Å². The van der Waals surface area contributed by atoms with Crippen molar-refractivity contribution in [3.05, 3.63) is 30.4 Å². The number of fused-ring (bicyclic) bond motifs is 2. The van der Waals surface area contributed by atoms with Crippen LogP contribution in [0.3, 0.4) is 0 Å². The largest absolute Gasteiger partial charge is 0.398 e. The molecule has 0 unspecified atom stereocenters. The highest BCUT2D eigenvalue weighted by molar-refractivity contribution is 7.99. The highest BCUT2D eigenvalue weighted by Gasteiger charge is 2.20. The molecule has 7 nitrogen and oxygen atoms in total. The van der Waals surface area contributed by atoms with E-state index in [1.54, 1.807) is 6.33 Å². The highest BCUT2D eigenvalue weighted by Crippen LogP contribution is 2.38. The van der Waals surface area contributed by atoms with E-state index in [1.165, 1.54) is 18.1 Å². The second-order valence-electron chi connectivity index (χ2n) is 4.65. The zero-order valence-corrected chi connectivity index (χ0v) is 11.6. The molecule has 4 rings (SSSR count). The van der Waals surface area contributed by atoms with Crippen LogP contribution in [-0.4, -0.2) is 25.8 Å². The van der Waals surface area contributed by atoms with Crippen molar-refractivity contribution < 1.29 is 4.79 Å². The second kappa shape index (κ2) is 4.45. The van der Waals surface area contributed by atoms with Gasteiger partial charge in [-0.2, -0.15) is 0 Å². The van der Waals surface area contributed by atoms with Gasteiger partial charge in [0, 0.05) is 16.3 Å². The van der Waals surface area contributed by atoms with Gasteiger partial charge < -0.3 is 16.0 Å². The molecule has 0 saturated heterocycles. The summed E-state index contributed by atoms with van der Waals surface area (Å²) in [4.78, 5) is 27.7. The molecule has 0 aliphatic carbocycles. The SMILES string of the molecule is Nc1cc2c(cc1Sc1ncnc3nc[nH]c13)NC(=O)C2. The Morgan fingerprint density at radius 1 is 1.24 bits per heavy atom. The van der Waals surface area contributed by atoms with Crippen molar-refractivity contribution in [2.24, 2.45) is 0 Å². The van der Waals surface area contributed by atoms with Crippen molar-refractivity contribution in [3.63, 3.8) is 0 Å². The summed E-state index contributed by atoms with van der Waals surface area (Å²) in [6.45, 7) is 0. The van der Waals surface area contributed by atoms with E-state index in [-0.39, 0.29) is 5.91 Å². The summed E-state index contributed by atoms with van der Waals surface area (Å²) < 4.78 is 0. The molecular weight excluding hydrogens is 288 g/mol. The van der Waals surface area contributed by atoms with Crippen molar-refractivity contribution in [1.29, 1.82) is 0 Å². The lowest BCUT2D eigenvalue weighted by Gasteiger charge is -2.08. The molecule has 3 heterocycles. The van der Waals surface area contributed by atoms with E-state index in [2.05, 4.69) is 25.3 Å². The van der Waals surface area contributed by atoms with Crippen LogP contribution in [0.2, 0.25) is 0 Å². The van der Waals surface area contributed by atoms with Gasteiger partial charge in [-0.15, -0.1) is 0 Å². The molecule has 1 amide bonds. The van der Waals surface area contributed by atoms with Gasteiger partial charge in [0.2, 0.25) is 5.91 Å². The molecule has 0 atom stereocenters. The fraction of sp³-hybridized carbons (Fsp3) is 0.0769. The fourth-order valence-corrected chi connectivity index (χ4v) is 3.20. The van der Waals surface area contributed by atoms with Gasteiger partial charge in [0.1, 0.15) is 16.9 Å².